The van der Waals surface area contributed by atoms with Crippen molar-refractivity contribution in [3.05, 3.63) is 311 Å². The van der Waals surface area contributed by atoms with Gasteiger partial charge in [0.2, 0.25) is 11.8 Å². The highest BCUT2D eigenvalue weighted by Gasteiger charge is 2.66. The van der Waals surface area contributed by atoms with E-state index in [9.17, 15) is 24.3 Å². The van der Waals surface area contributed by atoms with Gasteiger partial charge in [-0.3, -0.25) is 9.59 Å². The van der Waals surface area contributed by atoms with Gasteiger partial charge in [-0.25, -0.2) is 14.4 Å². The molecule has 610 valence electrons. The molecule has 0 radical (unpaired) electrons. The number of carboxylic acids is 1. The fraction of sp³-hybridized carbons (Fsp3) is 0.359. The zero-order chi connectivity index (χ0) is 80.5. The van der Waals surface area contributed by atoms with Crippen molar-refractivity contribution in [1.29, 1.82) is 0 Å². The fourth-order valence-corrected chi connectivity index (χ4v) is 15.9. The SMILES string of the molecule is CC(=O)N[C@H]1[C@@H](OC[C@H](NC(=O)OCC2c3ccccc3-c3ccccc32)C(=O)O)O[C@@H]2CO[C@H](c3ccccc3)O[C@@H]2[C@@H]1O[C@@H]1O[C@H](COCc2ccccc2)[C@@H]2OC(=O)C3(C[C@H](OCc4ccccc4)[C@@H](NC(C)=O)[C@H]([C@H](OCc4ccccc4)[C@@H](COCc4ccccc4)OCc4ccccc4)O3)O[C@@H]2[C@H]1OCc1ccccc1. The van der Waals surface area contributed by atoms with Crippen LogP contribution < -0.4 is 16.0 Å². The average Bonchev–Trinajstić information content (AvgIpc) is 1.48. The first kappa shape index (κ1) is 81.7. The predicted octanol–water partition coefficient (Wildman–Crippen LogP) is 11.5. The molecule has 1 spiro atoms. The lowest BCUT2D eigenvalue weighted by atomic mass is 9.86. The lowest BCUT2D eigenvalue weighted by molar-refractivity contribution is -0.414. The van der Waals surface area contributed by atoms with Gasteiger partial charge in [0.15, 0.2) is 31.0 Å². The molecular weight excluding hydrogens is 1500 g/mol. The number of carbonyl (C=O) groups excluding carboxylic acids is 4. The van der Waals surface area contributed by atoms with E-state index in [1.807, 2.05) is 261 Å². The standard InChI is InChI=1S/C92H95N3O22/c1-58(96)93-77-73(104-49-62-32-14-5-15-33-62)46-92(116-83(77)79(106-51-64-36-18-7-19-37-64)74(105-50-63-34-16-6-17-35-63)55-102-47-60-28-10-3-11-29-60)90(100)115-81-75(56-103-48-61-30-12-4-13-31-61)112-89(85(84(81)117-92)107-52-65-38-20-8-21-39-65)114-82-78(94-59(2)97)88(111-76-57-109-87(113-80(76)82)66-40-22-9-23-41-66)108-54-72(86(98)99)95-91(101)110-53-71-69-44-26-24-42-67(69)68-43-25-27-45-70(68)71/h3-45,71-85,87-89H,46-57H2,1-2H3,(H,93,96)(H,94,97)(H,95,101)(H,98,99)/t72-,73-,74+,75+,76+,77+,78+,79+,80-,81-,82+,83+,84-,85+,87-,88-,89-,92?/m0/s1. The Morgan fingerprint density at radius 2 is 1.01 bits per heavy atom. The van der Waals surface area contributed by atoms with Gasteiger partial charge in [0.05, 0.1) is 78.2 Å². The second-order valence-corrected chi connectivity index (χ2v) is 29.7. The molecule has 15 rings (SSSR count). The molecule has 25 nitrogen and oxygen atoms in total. The summed E-state index contributed by atoms with van der Waals surface area (Å²) in [6, 6.07) is 77.5. The van der Waals surface area contributed by atoms with Gasteiger partial charge >= 0.3 is 18.0 Å². The minimum atomic E-state index is -2.47. The van der Waals surface area contributed by atoms with Gasteiger partial charge in [0, 0.05) is 31.7 Å². The molecule has 9 aromatic carbocycles. The van der Waals surface area contributed by atoms with Crippen molar-refractivity contribution >= 4 is 29.8 Å². The maximum atomic E-state index is 16.3. The molecule has 5 aliphatic heterocycles. The summed E-state index contributed by atoms with van der Waals surface area (Å²) in [5, 5.41) is 19.5. The Morgan fingerprint density at radius 1 is 0.496 bits per heavy atom. The van der Waals surface area contributed by atoms with E-state index in [0.29, 0.717) is 11.1 Å². The molecule has 5 fully saturated rings. The Morgan fingerprint density at radius 3 is 1.58 bits per heavy atom. The predicted molar refractivity (Wildman–Crippen MR) is 422 cm³/mol. The van der Waals surface area contributed by atoms with E-state index in [1.54, 1.807) is 0 Å². The van der Waals surface area contributed by atoms with Crippen LogP contribution >= 0.6 is 0 Å². The van der Waals surface area contributed by atoms with Crippen LogP contribution in [0, 0.1) is 0 Å². The van der Waals surface area contributed by atoms with Crippen LogP contribution in [0.4, 0.5) is 4.79 Å². The fourth-order valence-electron chi connectivity index (χ4n) is 15.9. The van der Waals surface area contributed by atoms with E-state index in [1.165, 1.54) is 13.8 Å². The number of alkyl carbamates (subject to hydrolysis) is 1. The first-order chi connectivity index (χ1) is 57.3. The summed E-state index contributed by atoms with van der Waals surface area (Å²) in [5.41, 5.74) is 9.33. The van der Waals surface area contributed by atoms with Crippen LogP contribution in [0.1, 0.15) is 82.5 Å². The zero-order valence-corrected chi connectivity index (χ0v) is 64.7. The summed E-state index contributed by atoms with van der Waals surface area (Å²) < 4.78 is 111. The van der Waals surface area contributed by atoms with Gasteiger partial charge in [-0.2, -0.15) is 0 Å². The topological polar surface area (TPSA) is 289 Å². The van der Waals surface area contributed by atoms with Crippen molar-refractivity contribution in [3.63, 3.8) is 0 Å². The quantitative estimate of drug-likeness (QED) is 0.0273. The van der Waals surface area contributed by atoms with Gasteiger partial charge in [0.25, 0.3) is 5.79 Å². The second-order valence-electron chi connectivity index (χ2n) is 29.7. The minimum Gasteiger partial charge on any atom is -0.480 e. The van der Waals surface area contributed by atoms with Crippen molar-refractivity contribution < 1.29 is 105 Å². The third-order valence-electron chi connectivity index (χ3n) is 21.5. The Balaban J connectivity index is 0.805. The Bertz CT molecular complexity index is 4660. The van der Waals surface area contributed by atoms with Crippen molar-refractivity contribution in [2.45, 2.75) is 176 Å². The number of rotatable bonds is 34. The molecule has 18 atom stereocenters. The van der Waals surface area contributed by atoms with Crippen LogP contribution in [0.5, 0.6) is 0 Å². The normalized spacial score (nSPS) is 26.0. The number of amides is 3. The highest BCUT2D eigenvalue weighted by molar-refractivity contribution is 5.82. The third kappa shape index (κ3) is 20.4. The molecule has 0 aromatic heterocycles. The molecule has 0 bridgehead atoms. The molecule has 5 saturated heterocycles. The maximum Gasteiger partial charge on any atom is 0.407 e. The number of nitrogens with one attached hydrogen (secondary N) is 3. The van der Waals surface area contributed by atoms with Crippen molar-refractivity contribution in [1.82, 2.24) is 16.0 Å². The van der Waals surface area contributed by atoms with Crippen LogP contribution in [0.25, 0.3) is 11.1 Å². The number of ether oxygens (including phenoxy) is 16. The lowest BCUT2D eigenvalue weighted by Crippen LogP contribution is -2.75. The van der Waals surface area contributed by atoms with Crippen molar-refractivity contribution in [3.8, 4) is 11.1 Å². The smallest absolute Gasteiger partial charge is 0.407 e. The molecule has 0 saturated carbocycles. The molecule has 3 amide bonds. The van der Waals surface area contributed by atoms with Crippen LogP contribution in [0.15, 0.2) is 261 Å². The van der Waals surface area contributed by atoms with Gasteiger partial charge in [-0.05, 0) is 55.6 Å². The molecule has 5 heterocycles. The van der Waals surface area contributed by atoms with Crippen LogP contribution in [-0.4, -0.2) is 172 Å². The van der Waals surface area contributed by atoms with Crippen molar-refractivity contribution in [2.75, 3.05) is 33.0 Å². The van der Waals surface area contributed by atoms with E-state index in [2.05, 4.69) is 16.0 Å². The van der Waals surface area contributed by atoms with Crippen LogP contribution in [0.3, 0.4) is 0 Å². The number of carboxylic acid groups (broad SMARTS) is 1. The first-order valence-corrected chi connectivity index (χ1v) is 39.5. The minimum absolute atomic E-state index is 0.0136. The summed E-state index contributed by atoms with van der Waals surface area (Å²) in [6.07, 6.45) is -19.7. The molecule has 25 heteroatoms. The van der Waals surface area contributed by atoms with Crippen molar-refractivity contribution in [2.24, 2.45) is 0 Å². The van der Waals surface area contributed by atoms with Crippen LogP contribution in [0.2, 0.25) is 0 Å². The molecule has 9 aromatic rings. The largest absolute Gasteiger partial charge is 0.480 e. The summed E-state index contributed by atoms with van der Waals surface area (Å²) in [6.45, 7) is 1.49. The van der Waals surface area contributed by atoms with Gasteiger partial charge in [0.1, 0.15) is 67.6 Å². The van der Waals surface area contributed by atoms with Gasteiger partial charge < -0.3 is 96.8 Å². The number of benzene rings is 9. The molecular formula is C92H95N3O22. The highest BCUT2D eigenvalue weighted by Crippen LogP contribution is 2.48. The number of aliphatic carboxylic acids is 1. The van der Waals surface area contributed by atoms with Gasteiger partial charge in [-0.1, -0.05) is 261 Å². The van der Waals surface area contributed by atoms with E-state index < -0.39 is 153 Å². The number of hydrogen-bond acceptors (Lipinski definition) is 21. The summed E-state index contributed by atoms with van der Waals surface area (Å²) in [4.78, 5) is 71.6. The lowest BCUT2D eigenvalue weighted by Gasteiger charge is -2.56. The summed E-state index contributed by atoms with van der Waals surface area (Å²) in [5.74, 6) is -6.31. The Labute approximate surface area is 678 Å². The number of hydrogen-bond donors (Lipinski definition) is 4. The molecule has 4 N–H and O–H groups in total. The Hall–Kier alpha value is -10.4. The molecule has 1 aliphatic carbocycles. The molecule has 6 aliphatic rings. The zero-order valence-electron chi connectivity index (χ0n) is 64.7. The van der Waals surface area contributed by atoms with Crippen LogP contribution in [-0.2, 0) is 135 Å². The van der Waals surface area contributed by atoms with E-state index in [4.69, 9.17) is 75.8 Å². The monoisotopic (exact) mass is 1590 g/mol. The number of esters is 1. The van der Waals surface area contributed by atoms with E-state index in [-0.39, 0.29) is 72.0 Å². The first-order valence-electron chi connectivity index (χ1n) is 39.5. The van der Waals surface area contributed by atoms with E-state index in [0.717, 1.165) is 50.1 Å². The summed E-state index contributed by atoms with van der Waals surface area (Å²) >= 11 is 0. The van der Waals surface area contributed by atoms with Gasteiger partial charge in [-0.15, -0.1) is 0 Å². The maximum absolute atomic E-state index is 16.3. The number of carbonyl (C=O) groups is 5. The molecule has 1 unspecified atom stereocenters. The molecule has 117 heavy (non-hydrogen) atoms. The second kappa shape index (κ2) is 39.2. The summed E-state index contributed by atoms with van der Waals surface area (Å²) in [7, 11) is 0. The number of fused-ring (bicyclic) bond motifs is 5. The average molecular weight is 1590 g/mol. The third-order valence-corrected chi connectivity index (χ3v) is 21.5. The van der Waals surface area contributed by atoms with E-state index >= 15 is 4.79 Å². The highest BCUT2D eigenvalue weighted by atomic mass is 16.8. The Kier molecular flexibility index (Phi) is 27.4.